The zero-order valence-electron chi connectivity index (χ0n) is 14.3. The van der Waals surface area contributed by atoms with E-state index in [0.29, 0.717) is 25.4 Å². The molecule has 4 heteroatoms. The average Bonchev–Trinajstić information content (AvgIpc) is 2.93. The zero-order valence-corrected chi connectivity index (χ0v) is 14.3. The Morgan fingerprint density at radius 3 is 2.42 bits per heavy atom. The van der Waals surface area contributed by atoms with Crippen molar-refractivity contribution >= 4 is 16.5 Å². The molecule has 0 bridgehead atoms. The van der Waals surface area contributed by atoms with Crippen molar-refractivity contribution in [2.45, 2.75) is 12.7 Å². The molecule has 132 valence electrons. The van der Waals surface area contributed by atoms with E-state index in [0.717, 1.165) is 21.9 Å². The summed E-state index contributed by atoms with van der Waals surface area (Å²) in [6.07, 6.45) is -0.670. The first-order valence-corrected chi connectivity index (χ1v) is 8.63. The van der Waals surface area contributed by atoms with Crippen molar-refractivity contribution < 1.29 is 19.7 Å². The molecule has 0 spiro atoms. The van der Waals surface area contributed by atoms with Gasteiger partial charge in [0.25, 0.3) is 0 Å². The molecule has 26 heavy (non-hydrogen) atoms. The van der Waals surface area contributed by atoms with Crippen molar-refractivity contribution in [2.75, 3.05) is 13.2 Å². The van der Waals surface area contributed by atoms with E-state index >= 15 is 0 Å². The molecule has 0 aliphatic heterocycles. The molecular weight excluding hydrogens is 328 g/mol. The van der Waals surface area contributed by atoms with E-state index in [-0.39, 0.29) is 11.5 Å². The largest absolute Gasteiger partial charge is 0.506 e. The van der Waals surface area contributed by atoms with Crippen LogP contribution in [0.4, 0.5) is 0 Å². The van der Waals surface area contributed by atoms with Gasteiger partial charge < -0.3 is 19.7 Å². The number of benzene rings is 3. The average molecular weight is 348 g/mol. The van der Waals surface area contributed by atoms with Gasteiger partial charge >= 0.3 is 0 Å². The highest BCUT2D eigenvalue weighted by Gasteiger charge is 2.33. The maximum atomic E-state index is 10.3. The highest BCUT2D eigenvalue weighted by molar-refractivity contribution is 5.92. The molecule has 0 amide bonds. The van der Waals surface area contributed by atoms with Gasteiger partial charge in [0.2, 0.25) is 0 Å². The first kappa shape index (κ1) is 16.6. The molecule has 1 aliphatic carbocycles. The Bertz CT molecular complexity index is 947. The quantitative estimate of drug-likeness (QED) is 0.621. The van der Waals surface area contributed by atoms with Crippen LogP contribution in [0.3, 0.4) is 0 Å². The predicted octanol–water partition coefficient (Wildman–Crippen LogP) is 4.91. The normalized spacial score (nSPS) is 16.2. The Morgan fingerprint density at radius 1 is 0.808 bits per heavy atom. The fourth-order valence-electron chi connectivity index (χ4n) is 3.33. The zero-order chi connectivity index (χ0) is 17.9. The number of rotatable bonds is 6. The van der Waals surface area contributed by atoms with E-state index in [1.165, 1.54) is 0 Å². The van der Waals surface area contributed by atoms with Gasteiger partial charge in [-0.05, 0) is 16.3 Å². The lowest BCUT2D eigenvalue weighted by Crippen LogP contribution is -2.10. The number of hydrogen-bond acceptors (Lipinski definition) is 4. The number of fused-ring (bicyclic) bond motifs is 3. The molecule has 4 nitrogen and oxygen atoms in total. The molecule has 0 aromatic heterocycles. The minimum Gasteiger partial charge on any atom is -0.506 e. The molecule has 4 rings (SSSR count). The monoisotopic (exact) mass is 348 g/mol. The Kier molecular flexibility index (Phi) is 4.61. The van der Waals surface area contributed by atoms with Crippen LogP contribution in [-0.2, 0) is 16.1 Å². The molecule has 1 aliphatic rings. The molecule has 2 N–H and O–H groups in total. The molecule has 1 unspecified atom stereocenters. The van der Waals surface area contributed by atoms with Gasteiger partial charge in [-0.25, -0.2) is 0 Å². The molecule has 0 fully saturated rings. The van der Waals surface area contributed by atoms with Gasteiger partial charge in [-0.3, -0.25) is 0 Å². The number of aliphatic hydroxyl groups excluding tert-OH is 2. The van der Waals surface area contributed by atoms with Gasteiger partial charge in [-0.2, -0.15) is 0 Å². The third-order valence-corrected chi connectivity index (χ3v) is 4.60. The number of ether oxygens (including phenoxy) is 2. The van der Waals surface area contributed by atoms with Crippen molar-refractivity contribution in [1.82, 2.24) is 0 Å². The van der Waals surface area contributed by atoms with E-state index in [1.807, 2.05) is 66.7 Å². The summed E-state index contributed by atoms with van der Waals surface area (Å²) in [5, 5.41) is 22.6. The topological polar surface area (TPSA) is 58.9 Å². The molecule has 0 saturated carbocycles. The van der Waals surface area contributed by atoms with E-state index in [4.69, 9.17) is 9.47 Å². The summed E-state index contributed by atoms with van der Waals surface area (Å²) in [6, 6.07) is 21.6. The van der Waals surface area contributed by atoms with Crippen LogP contribution in [0.2, 0.25) is 0 Å². The number of aliphatic hydroxyl groups is 2. The second-order valence-electron chi connectivity index (χ2n) is 6.27. The highest BCUT2D eigenvalue weighted by atomic mass is 16.5. The lowest BCUT2D eigenvalue weighted by Gasteiger charge is -2.16. The fraction of sp³-hybridized carbons (Fsp3) is 0.182. The van der Waals surface area contributed by atoms with Crippen LogP contribution in [0, 0.1) is 0 Å². The standard InChI is InChI=1S/C22H20O4/c23-20-18-11-10-16-8-4-5-9-17(16)19(18)22(21(20)24)26-13-12-25-14-15-6-2-1-3-7-15/h1-11,22-24H,12-14H2. The molecular formula is C22H20O4. The molecule has 0 heterocycles. The van der Waals surface area contributed by atoms with E-state index in [1.54, 1.807) is 0 Å². The summed E-state index contributed by atoms with van der Waals surface area (Å²) in [4.78, 5) is 0. The third-order valence-electron chi connectivity index (χ3n) is 4.60. The van der Waals surface area contributed by atoms with Gasteiger partial charge in [-0.15, -0.1) is 0 Å². The molecule has 0 saturated heterocycles. The minimum absolute atomic E-state index is 0.110. The lowest BCUT2D eigenvalue weighted by molar-refractivity contribution is 0.000854. The summed E-state index contributed by atoms with van der Waals surface area (Å²) in [5.41, 5.74) is 2.53. The van der Waals surface area contributed by atoms with Crippen LogP contribution in [0.25, 0.3) is 16.5 Å². The van der Waals surface area contributed by atoms with Crippen LogP contribution in [-0.4, -0.2) is 23.4 Å². The fourth-order valence-corrected chi connectivity index (χ4v) is 3.33. The summed E-state index contributed by atoms with van der Waals surface area (Å²) in [6.45, 7) is 1.23. The highest BCUT2D eigenvalue weighted by Crippen LogP contribution is 2.43. The van der Waals surface area contributed by atoms with Crippen molar-refractivity contribution in [3.05, 3.63) is 89.2 Å². The summed E-state index contributed by atoms with van der Waals surface area (Å²) < 4.78 is 11.5. The van der Waals surface area contributed by atoms with E-state index < -0.39 is 6.10 Å². The summed E-state index contributed by atoms with van der Waals surface area (Å²) in [5.74, 6) is -0.250. The molecule has 0 radical (unpaired) electrons. The van der Waals surface area contributed by atoms with E-state index in [9.17, 15) is 10.2 Å². The Hall–Kier alpha value is -2.82. The van der Waals surface area contributed by atoms with Crippen LogP contribution >= 0.6 is 0 Å². The van der Waals surface area contributed by atoms with Gasteiger partial charge in [0, 0.05) is 11.1 Å². The van der Waals surface area contributed by atoms with Gasteiger partial charge in [0.1, 0.15) is 6.10 Å². The Balaban J connectivity index is 1.45. The summed E-state index contributed by atoms with van der Waals surface area (Å²) >= 11 is 0. The van der Waals surface area contributed by atoms with Crippen LogP contribution in [0.5, 0.6) is 0 Å². The maximum Gasteiger partial charge on any atom is 0.168 e. The van der Waals surface area contributed by atoms with Gasteiger partial charge in [-0.1, -0.05) is 66.7 Å². The van der Waals surface area contributed by atoms with E-state index in [2.05, 4.69) is 0 Å². The van der Waals surface area contributed by atoms with Crippen LogP contribution < -0.4 is 0 Å². The molecule has 3 aromatic rings. The van der Waals surface area contributed by atoms with Crippen molar-refractivity contribution in [1.29, 1.82) is 0 Å². The Morgan fingerprint density at radius 2 is 1.58 bits per heavy atom. The van der Waals surface area contributed by atoms with Crippen molar-refractivity contribution in [2.24, 2.45) is 0 Å². The second-order valence-corrected chi connectivity index (χ2v) is 6.27. The van der Waals surface area contributed by atoms with Crippen molar-refractivity contribution in [3.8, 4) is 0 Å². The Labute approximate surface area is 151 Å². The lowest BCUT2D eigenvalue weighted by atomic mass is 9.99. The smallest absolute Gasteiger partial charge is 0.168 e. The van der Waals surface area contributed by atoms with Crippen molar-refractivity contribution in [3.63, 3.8) is 0 Å². The van der Waals surface area contributed by atoms with Crippen LogP contribution in [0.15, 0.2) is 72.5 Å². The van der Waals surface area contributed by atoms with Gasteiger partial charge in [0.05, 0.1) is 19.8 Å². The molecule has 1 atom stereocenters. The second kappa shape index (κ2) is 7.20. The van der Waals surface area contributed by atoms with Gasteiger partial charge in [0.15, 0.2) is 11.5 Å². The molecule has 3 aromatic carbocycles. The predicted molar refractivity (Wildman–Crippen MR) is 101 cm³/mol. The first-order valence-electron chi connectivity index (χ1n) is 8.63. The summed E-state index contributed by atoms with van der Waals surface area (Å²) in [7, 11) is 0. The first-order chi connectivity index (χ1) is 12.8. The third kappa shape index (κ3) is 3.05. The minimum atomic E-state index is -0.670. The van der Waals surface area contributed by atoms with Crippen LogP contribution in [0.1, 0.15) is 22.8 Å². The maximum absolute atomic E-state index is 10.3. The SMILES string of the molecule is OC1=C(O)C(OCCOCc2ccccc2)c2c1ccc1ccccc21. The number of hydrogen-bond donors (Lipinski definition) is 2.